The molecule has 0 radical (unpaired) electrons. The molecule has 3 aromatic rings. The number of hydrogen-bond acceptors (Lipinski definition) is 8. The Hall–Kier alpha value is -2.28. The predicted molar refractivity (Wildman–Crippen MR) is 144 cm³/mol. The molecule has 9 nitrogen and oxygen atoms in total. The van der Waals surface area contributed by atoms with E-state index in [1.54, 1.807) is 24.1 Å². The third kappa shape index (κ3) is 6.34. The van der Waals surface area contributed by atoms with Crippen LogP contribution in [0.25, 0.3) is 10.2 Å². The summed E-state index contributed by atoms with van der Waals surface area (Å²) in [4.78, 5) is 22.2. The number of hydrogen-bond donors (Lipinski definition) is 0. The highest BCUT2D eigenvalue weighted by atomic mass is 35.5. The first-order valence-corrected chi connectivity index (χ1v) is 13.6. The van der Waals surface area contributed by atoms with Crippen molar-refractivity contribution in [1.82, 2.24) is 14.2 Å². The molecule has 12 heteroatoms. The van der Waals surface area contributed by atoms with E-state index in [-0.39, 0.29) is 23.2 Å². The fraction of sp³-hybridized carbons (Fsp3) is 0.417. The lowest BCUT2D eigenvalue weighted by Gasteiger charge is -2.26. The summed E-state index contributed by atoms with van der Waals surface area (Å²) in [6.45, 7) is 2.72. The molecule has 1 amide bonds. The minimum Gasteiger partial charge on any atom is -0.497 e. The minimum absolute atomic E-state index is 0. The van der Waals surface area contributed by atoms with Crippen molar-refractivity contribution >= 4 is 55.0 Å². The average Bonchev–Trinajstić information content (AvgIpc) is 3.29. The van der Waals surface area contributed by atoms with E-state index in [2.05, 4.69) is 4.90 Å². The number of rotatable bonds is 9. The molecule has 0 unspecified atom stereocenters. The van der Waals surface area contributed by atoms with Crippen molar-refractivity contribution in [3.8, 4) is 5.75 Å². The van der Waals surface area contributed by atoms with Gasteiger partial charge < -0.3 is 14.4 Å². The standard InChI is InChI=1S/C24H30N4O5S2.ClH/c1-26(2)11-4-12-28(24-25-21-10-7-19(32-3)17-22(21)34-24)23(29)18-5-8-20(9-6-18)35(30,31)27-13-15-33-16-14-27;/h5-10,17H,4,11-16H2,1-3H3;1H. The zero-order valence-electron chi connectivity index (χ0n) is 20.5. The van der Waals surface area contributed by atoms with Crippen molar-refractivity contribution in [3.05, 3.63) is 48.0 Å². The molecule has 0 N–H and O–H groups in total. The summed E-state index contributed by atoms with van der Waals surface area (Å²) in [5, 5.41) is 0.599. The van der Waals surface area contributed by atoms with Crippen LogP contribution in [-0.2, 0) is 14.8 Å². The van der Waals surface area contributed by atoms with Crippen molar-refractivity contribution in [2.75, 3.05) is 65.5 Å². The monoisotopic (exact) mass is 554 g/mol. The molecule has 1 fully saturated rings. The molecule has 0 spiro atoms. The number of aromatic nitrogens is 1. The first-order valence-electron chi connectivity index (χ1n) is 11.4. The minimum atomic E-state index is -3.62. The molecule has 0 saturated carbocycles. The van der Waals surface area contributed by atoms with Crippen LogP contribution in [0.3, 0.4) is 0 Å². The van der Waals surface area contributed by atoms with Gasteiger partial charge in [-0.3, -0.25) is 9.69 Å². The molecule has 1 aliphatic heterocycles. The van der Waals surface area contributed by atoms with Crippen LogP contribution in [0.4, 0.5) is 5.13 Å². The third-order valence-corrected chi connectivity index (χ3v) is 8.71. The van der Waals surface area contributed by atoms with Crippen molar-refractivity contribution in [2.24, 2.45) is 0 Å². The number of sulfonamides is 1. The number of morpholine rings is 1. The summed E-state index contributed by atoms with van der Waals surface area (Å²) < 4.78 is 38.8. The fourth-order valence-electron chi connectivity index (χ4n) is 3.83. The van der Waals surface area contributed by atoms with Gasteiger partial charge in [0.2, 0.25) is 10.0 Å². The Morgan fingerprint density at radius 1 is 1.11 bits per heavy atom. The molecule has 0 aliphatic carbocycles. The van der Waals surface area contributed by atoms with E-state index in [9.17, 15) is 13.2 Å². The summed E-state index contributed by atoms with van der Waals surface area (Å²) in [5.41, 5.74) is 1.20. The number of fused-ring (bicyclic) bond motifs is 1. The molecule has 0 bridgehead atoms. The van der Waals surface area contributed by atoms with Gasteiger partial charge in [-0.2, -0.15) is 4.31 Å². The van der Waals surface area contributed by atoms with Gasteiger partial charge in [0.05, 0.1) is 35.4 Å². The van der Waals surface area contributed by atoms with Crippen LogP contribution in [0.1, 0.15) is 16.8 Å². The number of benzene rings is 2. The largest absolute Gasteiger partial charge is 0.497 e. The number of ether oxygens (including phenoxy) is 2. The zero-order valence-corrected chi connectivity index (χ0v) is 23.0. The smallest absolute Gasteiger partial charge is 0.260 e. The fourth-order valence-corrected chi connectivity index (χ4v) is 6.25. The van der Waals surface area contributed by atoms with Crippen LogP contribution >= 0.6 is 23.7 Å². The number of thiazole rings is 1. The van der Waals surface area contributed by atoms with Gasteiger partial charge in [-0.15, -0.1) is 12.4 Å². The normalized spacial score (nSPS) is 14.6. The first-order chi connectivity index (χ1) is 16.8. The van der Waals surface area contributed by atoms with Crippen LogP contribution < -0.4 is 9.64 Å². The Morgan fingerprint density at radius 3 is 2.44 bits per heavy atom. The van der Waals surface area contributed by atoms with Crippen molar-refractivity contribution in [1.29, 1.82) is 0 Å². The van der Waals surface area contributed by atoms with E-state index in [1.807, 2.05) is 32.3 Å². The Labute approximate surface area is 222 Å². The van der Waals surface area contributed by atoms with Gasteiger partial charge in [0.25, 0.3) is 5.91 Å². The number of nitrogens with zero attached hydrogens (tertiary/aromatic N) is 4. The van der Waals surface area contributed by atoms with Crippen LogP contribution in [0.15, 0.2) is 47.4 Å². The molecular formula is C24H31ClN4O5S2. The summed E-state index contributed by atoms with van der Waals surface area (Å²) in [5.74, 6) is 0.514. The van der Waals surface area contributed by atoms with E-state index < -0.39 is 10.0 Å². The number of halogens is 1. The van der Waals surface area contributed by atoms with Gasteiger partial charge in [-0.25, -0.2) is 13.4 Å². The van der Waals surface area contributed by atoms with Crippen LogP contribution in [-0.4, -0.2) is 89.1 Å². The lowest BCUT2D eigenvalue weighted by molar-refractivity contribution is 0.0730. The number of carbonyl (C=O) groups excluding carboxylic acids is 1. The Morgan fingerprint density at radius 2 is 1.81 bits per heavy atom. The van der Waals surface area contributed by atoms with E-state index in [0.29, 0.717) is 43.5 Å². The Kier molecular flexibility index (Phi) is 9.67. The van der Waals surface area contributed by atoms with E-state index in [0.717, 1.165) is 28.9 Å². The van der Waals surface area contributed by atoms with Gasteiger partial charge in [-0.05, 0) is 69.5 Å². The number of carbonyl (C=O) groups is 1. The van der Waals surface area contributed by atoms with Crippen LogP contribution in [0.2, 0.25) is 0 Å². The van der Waals surface area contributed by atoms with Crippen molar-refractivity contribution in [2.45, 2.75) is 11.3 Å². The quantitative estimate of drug-likeness (QED) is 0.400. The van der Waals surface area contributed by atoms with Gasteiger partial charge in [-0.1, -0.05) is 11.3 Å². The van der Waals surface area contributed by atoms with Gasteiger partial charge >= 0.3 is 0 Å². The average molecular weight is 555 g/mol. The summed E-state index contributed by atoms with van der Waals surface area (Å²) in [6, 6.07) is 11.8. The molecule has 4 rings (SSSR count). The third-order valence-electron chi connectivity index (χ3n) is 5.76. The van der Waals surface area contributed by atoms with E-state index in [4.69, 9.17) is 14.5 Å². The summed E-state index contributed by atoms with van der Waals surface area (Å²) in [7, 11) is 1.97. The maximum absolute atomic E-state index is 13.6. The maximum Gasteiger partial charge on any atom is 0.260 e. The summed E-state index contributed by atoms with van der Waals surface area (Å²) in [6.07, 6.45) is 0.765. The number of anilines is 1. The lowest BCUT2D eigenvalue weighted by atomic mass is 10.2. The predicted octanol–water partition coefficient (Wildman–Crippen LogP) is 3.35. The highest BCUT2D eigenvalue weighted by Gasteiger charge is 2.27. The molecule has 2 heterocycles. The highest BCUT2D eigenvalue weighted by molar-refractivity contribution is 7.89. The van der Waals surface area contributed by atoms with Gasteiger partial charge in [0.15, 0.2) is 5.13 Å². The second-order valence-electron chi connectivity index (χ2n) is 8.48. The highest BCUT2D eigenvalue weighted by Crippen LogP contribution is 2.32. The van der Waals surface area contributed by atoms with Gasteiger partial charge in [0.1, 0.15) is 5.75 Å². The maximum atomic E-state index is 13.6. The van der Waals surface area contributed by atoms with Crippen LogP contribution in [0.5, 0.6) is 5.75 Å². The van der Waals surface area contributed by atoms with Crippen molar-refractivity contribution in [3.63, 3.8) is 0 Å². The van der Waals surface area contributed by atoms with Gasteiger partial charge in [0, 0.05) is 25.2 Å². The topological polar surface area (TPSA) is 92.3 Å². The first kappa shape index (κ1) is 28.3. The second kappa shape index (κ2) is 12.3. The number of amides is 1. The summed E-state index contributed by atoms with van der Waals surface area (Å²) >= 11 is 1.43. The van der Waals surface area contributed by atoms with Crippen LogP contribution in [0, 0.1) is 0 Å². The van der Waals surface area contributed by atoms with E-state index in [1.165, 1.54) is 27.8 Å². The molecular weight excluding hydrogens is 524 g/mol. The zero-order chi connectivity index (χ0) is 25.0. The Bertz CT molecular complexity index is 1280. The SMILES string of the molecule is COc1ccc2nc(N(CCCN(C)C)C(=O)c3ccc(S(=O)(=O)N4CCOCC4)cc3)sc2c1.Cl. The molecule has 1 saturated heterocycles. The molecule has 1 aromatic heterocycles. The molecule has 1 aliphatic rings. The second-order valence-corrected chi connectivity index (χ2v) is 11.4. The Balaban J connectivity index is 0.00000361. The van der Waals surface area contributed by atoms with E-state index >= 15 is 0 Å². The van der Waals surface area contributed by atoms with Crippen molar-refractivity contribution < 1.29 is 22.7 Å². The molecule has 36 heavy (non-hydrogen) atoms. The molecule has 2 aromatic carbocycles. The number of methoxy groups -OCH3 is 1. The molecule has 196 valence electrons. The molecule has 0 atom stereocenters. The lowest BCUT2D eigenvalue weighted by Crippen LogP contribution is -2.40.